The van der Waals surface area contributed by atoms with Gasteiger partial charge in [0.1, 0.15) is 28.8 Å². The van der Waals surface area contributed by atoms with E-state index in [1.54, 1.807) is 39.0 Å². The van der Waals surface area contributed by atoms with Gasteiger partial charge in [-0.1, -0.05) is 32.0 Å². The van der Waals surface area contributed by atoms with Gasteiger partial charge in [-0.15, -0.1) is 0 Å². The standard InChI is InChI=1S/C31H36O11/c1-16-20(40-17(2)33)14-31(39)26(42-27(37)19-10-8-7-9-11-19)24-29(6,21(35)12-13-30(24,38)15-32)25(36)23(41-18(3)34)22(16)28(31,4)5/h7-13,20,23-24,26,32,38-39H,14-15H2,1-6H3/t20-,23+,24-,26-,29+,30+,31+/m0/s1. The topological polar surface area (TPSA) is 174 Å². The van der Waals surface area contributed by atoms with Crippen LogP contribution in [0.1, 0.15) is 58.3 Å². The van der Waals surface area contributed by atoms with Crippen molar-refractivity contribution in [3.63, 3.8) is 0 Å². The Labute approximate surface area is 243 Å². The number of allylic oxidation sites excluding steroid dienone is 1. The largest absolute Gasteiger partial charge is 0.458 e. The molecule has 4 rings (SSSR count). The Morgan fingerprint density at radius 1 is 0.952 bits per heavy atom. The van der Waals surface area contributed by atoms with E-state index in [4.69, 9.17) is 14.2 Å². The summed E-state index contributed by atoms with van der Waals surface area (Å²) in [6.07, 6.45) is -3.18. The van der Waals surface area contributed by atoms with Gasteiger partial charge in [0.05, 0.1) is 18.1 Å². The van der Waals surface area contributed by atoms with Gasteiger partial charge in [-0.05, 0) is 49.3 Å². The Bertz CT molecular complexity index is 1390. The highest BCUT2D eigenvalue weighted by Crippen LogP contribution is 2.60. The van der Waals surface area contributed by atoms with E-state index in [-0.39, 0.29) is 17.6 Å². The highest BCUT2D eigenvalue weighted by Gasteiger charge is 2.72. The molecule has 0 amide bonds. The van der Waals surface area contributed by atoms with Crippen LogP contribution in [0.4, 0.5) is 0 Å². The first-order chi connectivity index (χ1) is 19.5. The van der Waals surface area contributed by atoms with Crippen LogP contribution in [-0.4, -0.2) is 80.9 Å². The maximum Gasteiger partial charge on any atom is 0.338 e. The van der Waals surface area contributed by atoms with E-state index < -0.39 is 82.3 Å². The molecule has 0 spiro atoms. The maximum atomic E-state index is 14.6. The minimum atomic E-state index is -2.36. The van der Waals surface area contributed by atoms with E-state index in [0.717, 1.165) is 26.0 Å². The summed E-state index contributed by atoms with van der Waals surface area (Å²) in [5, 5.41) is 35.1. The molecule has 1 fully saturated rings. The number of aliphatic hydroxyl groups excluding tert-OH is 1. The van der Waals surface area contributed by atoms with E-state index in [1.165, 1.54) is 19.1 Å². The van der Waals surface area contributed by atoms with E-state index >= 15 is 0 Å². The Hall–Kier alpha value is -3.67. The molecule has 42 heavy (non-hydrogen) atoms. The van der Waals surface area contributed by atoms with E-state index in [2.05, 4.69) is 0 Å². The second-order valence-electron chi connectivity index (χ2n) is 12.0. The molecule has 0 aromatic heterocycles. The highest BCUT2D eigenvalue weighted by molar-refractivity contribution is 6.15. The summed E-state index contributed by atoms with van der Waals surface area (Å²) in [7, 11) is 0. The third kappa shape index (κ3) is 4.60. The zero-order chi connectivity index (χ0) is 31.4. The second kappa shape index (κ2) is 10.6. The van der Waals surface area contributed by atoms with Crippen molar-refractivity contribution in [3.05, 3.63) is 59.2 Å². The van der Waals surface area contributed by atoms with Crippen LogP contribution in [-0.2, 0) is 33.4 Å². The number of carbonyl (C=O) groups excluding carboxylic acids is 5. The first-order valence-corrected chi connectivity index (χ1v) is 13.6. The molecule has 226 valence electrons. The number of fused-ring (bicyclic) bond motifs is 3. The van der Waals surface area contributed by atoms with E-state index in [1.807, 2.05) is 0 Å². The number of hydrogen-bond acceptors (Lipinski definition) is 11. The average Bonchev–Trinajstić information content (AvgIpc) is 2.92. The van der Waals surface area contributed by atoms with Crippen molar-refractivity contribution >= 4 is 29.5 Å². The third-order valence-electron chi connectivity index (χ3n) is 9.23. The van der Waals surface area contributed by atoms with Crippen LogP contribution >= 0.6 is 0 Å². The van der Waals surface area contributed by atoms with Crippen molar-refractivity contribution in [2.75, 3.05) is 6.61 Å². The number of aliphatic hydroxyl groups is 3. The molecule has 0 heterocycles. The van der Waals surface area contributed by atoms with Gasteiger partial charge < -0.3 is 29.5 Å². The number of rotatable bonds is 5. The van der Waals surface area contributed by atoms with Crippen LogP contribution in [0.15, 0.2) is 53.6 Å². The fraction of sp³-hybridized carbons (Fsp3) is 0.516. The normalized spacial score (nSPS) is 35.5. The lowest BCUT2D eigenvalue weighted by Gasteiger charge is -2.61. The van der Waals surface area contributed by atoms with Crippen LogP contribution < -0.4 is 0 Å². The van der Waals surface area contributed by atoms with Gasteiger partial charge in [0.25, 0.3) is 0 Å². The fourth-order valence-electron chi connectivity index (χ4n) is 6.95. The zero-order valence-electron chi connectivity index (χ0n) is 24.4. The van der Waals surface area contributed by atoms with E-state index in [9.17, 15) is 39.3 Å². The number of carbonyl (C=O) groups is 5. The maximum absolute atomic E-state index is 14.6. The molecule has 1 saturated carbocycles. The quantitative estimate of drug-likeness (QED) is 0.199. The van der Waals surface area contributed by atoms with Crippen molar-refractivity contribution in [2.24, 2.45) is 16.7 Å². The Kier molecular flexibility index (Phi) is 7.86. The molecular formula is C31H36O11. The molecule has 1 aromatic carbocycles. The summed E-state index contributed by atoms with van der Waals surface area (Å²) in [4.78, 5) is 66.4. The van der Waals surface area contributed by atoms with Gasteiger partial charge in [0.2, 0.25) is 0 Å². The monoisotopic (exact) mass is 584 g/mol. The first-order valence-electron chi connectivity index (χ1n) is 13.6. The lowest BCUT2D eigenvalue weighted by Crippen LogP contribution is -2.74. The summed E-state index contributed by atoms with van der Waals surface area (Å²) in [5.74, 6) is -6.06. The zero-order valence-corrected chi connectivity index (χ0v) is 24.4. The molecule has 3 aliphatic rings. The van der Waals surface area contributed by atoms with Gasteiger partial charge in [0, 0.05) is 25.7 Å². The predicted octanol–water partition coefficient (Wildman–Crippen LogP) is 1.62. The van der Waals surface area contributed by atoms with Gasteiger partial charge >= 0.3 is 17.9 Å². The number of ether oxygens (including phenoxy) is 3. The molecule has 11 nitrogen and oxygen atoms in total. The lowest BCUT2D eigenvalue weighted by atomic mass is 9.47. The van der Waals surface area contributed by atoms with Gasteiger partial charge in [-0.3, -0.25) is 19.2 Å². The number of benzene rings is 1. The average molecular weight is 585 g/mol. The van der Waals surface area contributed by atoms with Crippen LogP contribution in [0.2, 0.25) is 0 Å². The molecule has 11 heteroatoms. The van der Waals surface area contributed by atoms with Gasteiger partial charge in [-0.2, -0.15) is 0 Å². The first kappa shape index (κ1) is 31.3. The second-order valence-corrected chi connectivity index (χ2v) is 12.0. The van der Waals surface area contributed by atoms with Crippen molar-refractivity contribution in [3.8, 4) is 0 Å². The molecule has 2 bridgehead atoms. The number of Topliss-reactive ketones (excluding diaryl/α,β-unsaturated/α-hetero) is 1. The molecule has 0 radical (unpaired) electrons. The van der Waals surface area contributed by atoms with E-state index in [0.29, 0.717) is 5.57 Å². The van der Waals surface area contributed by atoms with Gasteiger partial charge in [-0.25, -0.2) is 4.79 Å². The van der Waals surface area contributed by atoms with Crippen molar-refractivity contribution in [2.45, 2.75) is 77.5 Å². The molecule has 3 N–H and O–H groups in total. The van der Waals surface area contributed by atoms with Crippen LogP contribution in [0.3, 0.4) is 0 Å². The number of esters is 3. The van der Waals surface area contributed by atoms with Crippen molar-refractivity contribution in [1.29, 1.82) is 0 Å². The van der Waals surface area contributed by atoms with Crippen LogP contribution in [0, 0.1) is 16.7 Å². The Morgan fingerprint density at radius 2 is 1.55 bits per heavy atom. The number of hydrogen-bond donors (Lipinski definition) is 3. The highest BCUT2D eigenvalue weighted by atomic mass is 16.6. The summed E-state index contributed by atoms with van der Waals surface area (Å²) < 4.78 is 17.1. The minimum Gasteiger partial charge on any atom is -0.458 e. The summed E-state index contributed by atoms with van der Waals surface area (Å²) in [5.41, 5.74) is -7.98. The fourth-order valence-corrected chi connectivity index (χ4v) is 6.95. The molecule has 1 aromatic rings. The smallest absolute Gasteiger partial charge is 0.338 e. The third-order valence-corrected chi connectivity index (χ3v) is 9.23. The van der Waals surface area contributed by atoms with Crippen molar-refractivity contribution < 1.29 is 53.5 Å². The predicted molar refractivity (Wildman–Crippen MR) is 146 cm³/mol. The summed E-state index contributed by atoms with van der Waals surface area (Å²) in [6.45, 7) is 7.08. The van der Waals surface area contributed by atoms with Crippen LogP contribution in [0.5, 0.6) is 0 Å². The van der Waals surface area contributed by atoms with Crippen molar-refractivity contribution in [1.82, 2.24) is 0 Å². The molecular weight excluding hydrogens is 548 g/mol. The molecule has 0 aliphatic heterocycles. The Balaban J connectivity index is 2.12. The molecule has 3 aliphatic carbocycles. The minimum absolute atomic E-state index is 0.0676. The molecule has 0 saturated heterocycles. The SMILES string of the molecule is CC(=O)O[C@H]1C(=O)[C@]2(C)C(=O)C=C[C@@](O)(CO)[C@H]2[C@H](OC(=O)c2ccccc2)[C@]2(O)C[C@H](OC(C)=O)C(C)=C1C2(C)C. The summed E-state index contributed by atoms with van der Waals surface area (Å²) >= 11 is 0. The van der Waals surface area contributed by atoms with Crippen LogP contribution in [0.25, 0.3) is 0 Å². The van der Waals surface area contributed by atoms with Gasteiger partial charge in [0.15, 0.2) is 17.7 Å². The lowest BCUT2D eigenvalue weighted by molar-refractivity contribution is -0.232. The molecule has 0 unspecified atom stereocenters. The molecule has 7 atom stereocenters. The number of ketones is 2. The summed E-state index contributed by atoms with van der Waals surface area (Å²) in [6, 6.07) is 7.77. The Morgan fingerprint density at radius 3 is 2.10 bits per heavy atom.